The van der Waals surface area contributed by atoms with E-state index in [2.05, 4.69) is 54.9 Å². The summed E-state index contributed by atoms with van der Waals surface area (Å²) in [7, 11) is 1.98. The maximum Gasteiger partial charge on any atom is 0.251 e. The van der Waals surface area contributed by atoms with Crippen LogP contribution in [0.1, 0.15) is 99.8 Å². The van der Waals surface area contributed by atoms with Crippen LogP contribution in [0.4, 0.5) is 0 Å². The van der Waals surface area contributed by atoms with Gasteiger partial charge in [-0.15, -0.1) is 0 Å². The number of aliphatic hydroxyl groups is 5. The van der Waals surface area contributed by atoms with Gasteiger partial charge in [-0.25, -0.2) is 0 Å². The minimum absolute atomic E-state index is 0.164. The summed E-state index contributed by atoms with van der Waals surface area (Å²) in [4.78, 5) is 12.4. The van der Waals surface area contributed by atoms with E-state index in [1.165, 1.54) is 0 Å². The average molecular weight is 783 g/mol. The number of carbonyl (C=O) groups excluding carboxylic acids is 1. The largest absolute Gasteiger partial charge is 0.511 e. The molecule has 1 aliphatic heterocycles. The molecule has 316 valence electrons. The Balaban J connectivity index is 2.90. The van der Waals surface area contributed by atoms with E-state index >= 15 is 0 Å². The first-order chi connectivity index (χ1) is 26.8. The molecule has 9 atom stereocenters. The third-order valence-electron chi connectivity index (χ3n) is 9.58. The molecule has 0 spiro atoms. The predicted octanol–water partition coefficient (Wildman–Crippen LogP) is 7.58. The molecule has 1 rings (SSSR count). The fraction of sp³-hybridized carbons (Fsp3) is 0.587. The molecule has 1 aliphatic rings. The van der Waals surface area contributed by atoms with Crippen molar-refractivity contribution in [2.75, 3.05) is 20.2 Å². The number of carbonyl (C=O) groups is 1. The molecule has 1 fully saturated rings. The van der Waals surface area contributed by atoms with Crippen molar-refractivity contribution < 1.29 is 39.8 Å². The van der Waals surface area contributed by atoms with Crippen molar-refractivity contribution in [2.24, 2.45) is 17.8 Å². The molecule has 7 N–H and O–H groups in total. The lowest BCUT2D eigenvalue weighted by Gasteiger charge is -2.41. The summed E-state index contributed by atoms with van der Waals surface area (Å²) >= 11 is 0. The van der Waals surface area contributed by atoms with E-state index < -0.39 is 43.4 Å². The Bertz CT molecular complexity index is 1390. The molecule has 56 heavy (non-hydrogen) atoms. The van der Waals surface area contributed by atoms with Crippen molar-refractivity contribution in [3.8, 4) is 0 Å². The second-order valence-corrected chi connectivity index (χ2v) is 15.0. The molecule has 9 unspecified atom stereocenters. The maximum absolute atomic E-state index is 12.4. The smallest absolute Gasteiger partial charge is 0.251 e. The van der Waals surface area contributed by atoms with Crippen LogP contribution in [0.25, 0.3) is 0 Å². The van der Waals surface area contributed by atoms with Gasteiger partial charge in [-0.2, -0.15) is 0 Å². The molecule has 1 amide bonds. The third-order valence-corrected chi connectivity index (χ3v) is 9.58. The van der Waals surface area contributed by atoms with E-state index in [9.17, 15) is 30.3 Å². The van der Waals surface area contributed by atoms with Crippen molar-refractivity contribution in [3.63, 3.8) is 0 Å². The monoisotopic (exact) mass is 783 g/mol. The number of nitrogens with one attached hydrogen (secondary N) is 2. The molecular weight excluding hydrogens is 709 g/mol. The van der Waals surface area contributed by atoms with Crippen LogP contribution in [0.3, 0.4) is 0 Å². The van der Waals surface area contributed by atoms with Gasteiger partial charge in [-0.3, -0.25) is 4.79 Å². The van der Waals surface area contributed by atoms with Crippen molar-refractivity contribution >= 4 is 5.91 Å². The zero-order chi connectivity index (χ0) is 41.9. The van der Waals surface area contributed by atoms with Crippen LogP contribution in [0.5, 0.6) is 0 Å². The van der Waals surface area contributed by atoms with Crippen LogP contribution >= 0.6 is 0 Å². The van der Waals surface area contributed by atoms with E-state index in [1.54, 1.807) is 26.0 Å². The van der Waals surface area contributed by atoms with Gasteiger partial charge in [0.1, 0.15) is 30.2 Å². The van der Waals surface area contributed by atoms with Crippen LogP contribution < -0.4 is 10.6 Å². The molecule has 10 nitrogen and oxygen atoms in total. The Kier molecular flexibility index (Phi) is 27.0. The normalized spacial score (nSPS) is 24.2. The van der Waals surface area contributed by atoms with Crippen molar-refractivity contribution in [1.82, 2.24) is 10.6 Å². The molecule has 1 heterocycles. The minimum atomic E-state index is -1.53. The lowest BCUT2D eigenvalue weighted by molar-refractivity contribution is -0.310. The maximum atomic E-state index is 12.4. The first-order valence-corrected chi connectivity index (χ1v) is 20.4. The Hall–Kier alpha value is -3.35. The van der Waals surface area contributed by atoms with Gasteiger partial charge in [0.2, 0.25) is 0 Å². The number of rotatable bonds is 26. The zero-order valence-electron chi connectivity index (χ0n) is 35.3. The summed E-state index contributed by atoms with van der Waals surface area (Å²) in [6.45, 7) is 14.3. The second kappa shape index (κ2) is 29.8. The number of aliphatic hydroxyl groups excluding tert-OH is 5. The highest BCUT2D eigenvalue weighted by atomic mass is 16.7. The average Bonchev–Trinajstić information content (AvgIpc) is 3.16. The predicted molar refractivity (Wildman–Crippen MR) is 228 cm³/mol. The number of allylic oxidation sites excluding steroid dienone is 15. The third kappa shape index (κ3) is 20.7. The lowest BCUT2D eigenvalue weighted by atomic mass is 9.92. The number of hydrogen-bond acceptors (Lipinski definition) is 9. The topological polar surface area (TPSA) is 161 Å². The quantitative estimate of drug-likeness (QED) is 0.0154. The Morgan fingerprint density at radius 1 is 0.839 bits per heavy atom. The van der Waals surface area contributed by atoms with Gasteiger partial charge in [0.25, 0.3) is 5.91 Å². The number of ether oxygens (including phenoxy) is 2. The number of unbranched alkanes of at least 4 members (excludes halogenated alkanes) is 2. The first kappa shape index (κ1) is 50.7. The Labute approximate surface area is 337 Å². The van der Waals surface area contributed by atoms with E-state index in [0.717, 1.165) is 57.1 Å². The van der Waals surface area contributed by atoms with Crippen LogP contribution in [-0.4, -0.2) is 88.4 Å². The molecule has 0 bridgehead atoms. The molecule has 0 aliphatic carbocycles. The van der Waals surface area contributed by atoms with Gasteiger partial charge in [0.05, 0.1) is 18.4 Å². The fourth-order valence-electron chi connectivity index (χ4n) is 6.09. The Morgan fingerprint density at radius 3 is 2.16 bits per heavy atom. The highest BCUT2D eigenvalue weighted by molar-refractivity contribution is 5.94. The highest BCUT2D eigenvalue weighted by Crippen LogP contribution is 2.28. The summed E-state index contributed by atoms with van der Waals surface area (Å²) in [6, 6.07) is 0. The summed E-state index contributed by atoms with van der Waals surface area (Å²) in [6.07, 6.45) is 28.3. The second-order valence-electron chi connectivity index (χ2n) is 15.0. The van der Waals surface area contributed by atoms with Crippen molar-refractivity contribution in [3.05, 3.63) is 108 Å². The van der Waals surface area contributed by atoms with E-state index in [-0.39, 0.29) is 23.5 Å². The molecule has 0 saturated carbocycles. The Morgan fingerprint density at radius 2 is 1.50 bits per heavy atom. The van der Waals surface area contributed by atoms with E-state index in [4.69, 9.17) is 9.47 Å². The summed E-state index contributed by atoms with van der Waals surface area (Å²) in [5.41, 5.74) is 1.92. The lowest BCUT2D eigenvalue weighted by Crippen LogP contribution is -2.60. The first-order valence-electron chi connectivity index (χ1n) is 20.4. The van der Waals surface area contributed by atoms with Crippen LogP contribution in [0, 0.1) is 17.8 Å². The molecule has 1 saturated heterocycles. The van der Waals surface area contributed by atoms with Crippen molar-refractivity contribution in [2.45, 2.75) is 137 Å². The zero-order valence-corrected chi connectivity index (χ0v) is 35.3. The summed E-state index contributed by atoms with van der Waals surface area (Å²) < 4.78 is 12.0. The van der Waals surface area contributed by atoms with E-state index in [1.807, 2.05) is 70.4 Å². The standard InChI is InChI=1S/C46H74N2O8/c1-9-24-39(50)38(7)48-45(54)36(5)29-22-14-12-10-11-13-21-28-35(4)44(56-46-43(53)42(52)41(51)40(32-49)55-46)37(6)31-34(3)27-20-17-19-26-33(2)25-18-15-16-23-30-47-8/h10-15,18-19,21-22,26,28-29,31,33-35,40-44,46-47,49-53H,9,16-17,20,23-25,27,30,32H2,1-8H3,(H,48,54)/b12-10+,13-11+,18-15+,22-14+,26-19+,28-21+,36-29+,37-31+,39-38-. The van der Waals surface area contributed by atoms with Gasteiger partial charge >= 0.3 is 0 Å². The molecule has 0 aromatic heterocycles. The molecular formula is C46H74N2O8. The van der Waals surface area contributed by atoms with Gasteiger partial charge in [-0.1, -0.05) is 113 Å². The van der Waals surface area contributed by atoms with Gasteiger partial charge < -0.3 is 45.6 Å². The molecule has 0 aromatic carbocycles. The van der Waals surface area contributed by atoms with Gasteiger partial charge in [0, 0.05) is 17.9 Å². The summed E-state index contributed by atoms with van der Waals surface area (Å²) in [5.74, 6) is 0.527. The van der Waals surface area contributed by atoms with Crippen LogP contribution in [0.15, 0.2) is 108 Å². The highest BCUT2D eigenvalue weighted by Gasteiger charge is 2.45. The molecule has 0 radical (unpaired) electrons. The number of amides is 1. The SMILES string of the molecule is CCC/C(O)=C(\C)NC(=O)/C(C)=C/C=C/C=C/C=C/C=C/C(C)C(OC1OC(CO)C(O)C(O)C1O)/C(C)=C/C(C)CCC/C=C/C(C)C/C=C/CCCNC. The minimum Gasteiger partial charge on any atom is -0.511 e. The van der Waals surface area contributed by atoms with Crippen LogP contribution in [-0.2, 0) is 14.3 Å². The van der Waals surface area contributed by atoms with Gasteiger partial charge in [-0.05, 0) is 96.7 Å². The fourth-order valence-corrected chi connectivity index (χ4v) is 6.09. The molecule has 10 heteroatoms. The van der Waals surface area contributed by atoms with Gasteiger partial charge in [0.15, 0.2) is 6.29 Å². The van der Waals surface area contributed by atoms with Crippen LogP contribution in [0.2, 0.25) is 0 Å². The van der Waals surface area contributed by atoms with Crippen molar-refractivity contribution in [1.29, 1.82) is 0 Å². The molecule has 0 aromatic rings. The number of hydrogen-bond donors (Lipinski definition) is 7. The summed E-state index contributed by atoms with van der Waals surface area (Å²) in [5, 5.41) is 57.0. The van der Waals surface area contributed by atoms with E-state index in [0.29, 0.717) is 23.6 Å².